The molecule has 3 rings (SSSR count). The smallest absolute Gasteiger partial charge is 0.257 e. The van der Waals surface area contributed by atoms with Crippen molar-refractivity contribution in [2.45, 2.75) is 0 Å². The number of carbonyl (C=O) groups excluding carboxylic acids is 2. The Kier molecular flexibility index (Phi) is 7.64. The van der Waals surface area contributed by atoms with Crippen LogP contribution >= 0.6 is 0 Å². The van der Waals surface area contributed by atoms with Crippen LogP contribution in [-0.2, 0) is 0 Å². The largest absolute Gasteiger partial charge is 0.507 e. The average molecular weight is 412 g/mol. The number of nitrogens with one attached hydrogen (secondary N) is 2. The van der Waals surface area contributed by atoms with Gasteiger partial charge in [0.05, 0.1) is 11.1 Å². The molecular formula is C22H28N4O4. The molecule has 8 nitrogen and oxygen atoms in total. The molecule has 0 unspecified atom stereocenters. The SMILES string of the molecule is O=C(c1ccccc1O)N1CCNCCN(C(=O)c2ccccc2O)CCNCC1. The summed E-state index contributed by atoms with van der Waals surface area (Å²) in [6.45, 7) is 4.22. The zero-order valence-electron chi connectivity index (χ0n) is 16.9. The number of benzene rings is 2. The second kappa shape index (κ2) is 10.6. The molecule has 2 aromatic carbocycles. The molecule has 4 N–H and O–H groups in total. The molecule has 0 saturated carbocycles. The van der Waals surface area contributed by atoms with Crippen LogP contribution in [0.2, 0.25) is 0 Å². The first-order chi connectivity index (χ1) is 14.6. The Morgan fingerprint density at radius 3 is 1.30 bits per heavy atom. The number of aromatic hydroxyl groups is 2. The van der Waals surface area contributed by atoms with Crippen LogP contribution in [0.3, 0.4) is 0 Å². The zero-order valence-corrected chi connectivity index (χ0v) is 16.9. The van der Waals surface area contributed by atoms with Crippen LogP contribution in [0.1, 0.15) is 20.7 Å². The fourth-order valence-corrected chi connectivity index (χ4v) is 3.39. The Bertz CT molecular complexity index is 790. The van der Waals surface area contributed by atoms with E-state index in [1.54, 1.807) is 46.2 Å². The highest BCUT2D eigenvalue weighted by Crippen LogP contribution is 2.18. The molecule has 0 atom stereocenters. The molecule has 0 radical (unpaired) electrons. The predicted molar refractivity (Wildman–Crippen MR) is 114 cm³/mol. The number of phenolic OH excluding ortho intramolecular Hbond substituents is 2. The van der Waals surface area contributed by atoms with Gasteiger partial charge in [0.1, 0.15) is 11.5 Å². The summed E-state index contributed by atoms with van der Waals surface area (Å²) in [7, 11) is 0. The Hall–Kier alpha value is -3.10. The van der Waals surface area contributed by atoms with Gasteiger partial charge in [-0.05, 0) is 24.3 Å². The fraction of sp³-hybridized carbons (Fsp3) is 0.364. The Balaban J connectivity index is 1.60. The molecule has 2 amide bonds. The highest BCUT2D eigenvalue weighted by Gasteiger charge is 2.20. The number of carbonyl (C=O) groups is 2. The van der Waals surface area contributed by atoms with Crippen LogP contribution in [0, 0.1) is 0 Å². The highest BCUT2D eigenvalue weighted by molar-refractivity contribution is 5.97. The first kappa shape index (κ1) is 21.6. The van der Waals surface area contributed by atoms with Gasteiger partial charge in [0.25, 0.3) is 11.8 Å². The molecule has 1 aliphatic heterocycles. The third-order valence-corrected chi connectivity index (χ3v) is 5.08. The van der Waals surface area contributed by atoms with Gasteiger partial charge in [-0.25, -0.2) is 0 Å². The summed E-state index contributed by atoms with van der Waals surface area (Å²) >= 11 is 0. The minimum atomic E-state index is -0.204. The lowest BCUT2D eigenvalue weighted by molar-refractivity contribution is 0.0740. The Morgan fingerprint density at radius 2 is 0.967 bits per heavy atom. The number of hydrogen-bond donors (Lipinski definition) is 4. The van der Waals surface area contributed by atoms with E-state index in [4.69, 9.17) is 0 Å². The summed E-state index contributed by atoms with van der Waals surface area (Å²) in [5.74, 6) is -0.448. The van der Waals surface area contributed by atoms with Gasteiger partial charge in [-0.1, -0.05) is 24.3 Å². The number of para-hydroxylation sites is 2. The molecular weight excluding hydrogens is 384 g/mol. The lowest BCUT2D eigenvalue weighted by Crippen LogP contribution is -2.46. The number of hydrogen-bond acceptors (Lipinski definition) is 6. The Morgan fingerprint density at radius 1 is 0.633 bits per heavy atom. The van der Waals surface area contributed by atoms with Crippen molar-refractivity contribution in [3.05, 3.63) is 59.7 Å². The molecule has 0 bridgehead atoms. The van der Waals surface area contributed by atoms with Gasteiger partial charge in [0.15, 0.2) is 0 Å². The molecule has 160 valence electrons. The maximum Gasteiger partial charge on any atom is 0.257 e. The van der Waals surface area contributed by atoms with E-state index >= 15 is 0 Å². The van der Waals surface area contributed by atoms with Gasteiger partial charge < -0.3 is 30.6 Å². The van der Waals surface area contributed by atoms with Gasteiger partial charge in [0.2, 0.25) is 0 Å². The monoisotopic (exact) mass is 412 g/mol. The lowest BCUT2D eigenvalue weighted by atomic mass is 10.1. The van der Waals surface area contributed by atoms with Gasteiger partial charge >= 0.3 is 0 Å². The van der Waals surface area contributed by atoms with Crippen LogP contribution < -0.4 is 10.6 Å². The first-order valence-corrected chi connectivity index (χ1v) is 10.1. The molecule has 0 aliphatic carbocycles. The van der Waals surface area contributed by atoms with Crippen molar-refractivity contribution in [3.8, 4) is 11.5 Å². The number of phenols is 2. The summed E-state index contributed by atoms with van der Waals surface area (Å²) in [6, 6.07) is 13.1. The highest BCUT2D eigenvalue weighted by atomic mass is 16.3. The van der Waals surface area contributed by atoms with E-state index < -0.39 is 0 Å². The standard InChI is InChI=1S/C22H28N4O4/c27-19-7-3-1-5-17(19)21(29)25-13-9-23-11-15-26(16-12-24-10-14-25)22(30)18-6-2-4-8-20(18)28/h1-8,23-24,27-28H,9-16H2. The van der Waals surface area contributed by atoms with Crippen molar-refractivity contribution >= 4 is 11.8 Å². The Labute approximate surface area is 176 Å². The molecule has 1 heterocycles. The molecule has 2 aromatic rings. The molecule has 1 aliphatic rings. The molecule has 1 fully saturated rings. The third kappa shape index (κ3) is 5.49. The predicted octanol–water partition coefficient (Wildman–Crippen LogP) is 0.875. The van der Waals surface area contributed by atoms with E-state index in [-0.39, 0.29) is 23.3 Å². The number of rotatable bonds is 2. The molecule has 1 saturated heterocycles. The van der Waals surface area contributed by atoms with Gasteiger partial charge in [-0.15, -0.1) is 0 Å². The second-order valence-electron chi connectivity index (χ2n) is 7.12. The van der Waals surface area contributed by atoms with Crippen molar-refractivity contribution < 1.29 is 19.8 Å². The number of amides is 2. The van der Waals surface area contributed by atoms with E-state index in [0.29, 0.717) is 63.5 Å². The zero-order chi connectivity index (χ0) is 21.3. The van der Waals surface area contributed by atoms with Gasteiger partial charge in [-0.3, -0.25) is 9.59 Å². The van der Waals surface area contributed by atoms with Crippen molar-refractivity contribution in [2.75, 3.05) is 52.4 Å². The van der Waals surface area contributed by atoms with Crippen molar-refractivity contribution in [1.29, 1.82) is 0 Å². The second-order valence-corrected chi connectivity index (χ2v) is 7.12. The van der Waals surface area contributed by atoms with Gasteiger partial charge in [0, 0.05) is 52.4 Å². The quantitative estimate of drug-likeness (QED) is 0.584. The van der Waals surface area contributed by atoms with E-state index in [2.05, 4.69) is 10.6 Å². The van der Waals surface area contributed by atoms with Crippen LogP contribution in [-0.4, -0.2) is 84.2 Å². The minimum Gasteiger partial charge on any atom is -0.507 e. The normalized spacial score (nSPS) is 16.4. The summed E-state index contributed by atoms with van der Waals surface area (Å²) in [4.78, 5) is 29.0. The molecule has 8 heteroatoms. The summed E-state index contributed by atoms with van der Waals surface area (Å²) in [5.41, 5.74) is 0.591. The van der Waals surface area contributed by atoms with Crippen LogP contribution in [0.15, 0.2) is 48.5 Å². The van der Waals surface area contributed by atoms with Crippen LogP contribution in [0.4, 0.5) is 0 Å². The summed E-state index contributed by atoms with van der Waals surface area (Å²) in [6.07, 6.45) is 0. The fourth-order valence-electron chi connectivity index (χ4n) is 3.39. The van der Waals surface area contributed by atoms with E-state index in [0.717, 1.165) is 0 Å². The molecule has 0 aromatic heterocycles. The maximum atomic E-state index is 12.8. The van der Waals surface area contributed by atoms with Crippen molar-refractivity contribution in [2.24, 2.45) is 0 Å². The lowest BCUT2D eigenvalue weighted by Gasteiger charge is -2.27. The summed E-state index contributed by atoms with van der Waals surface area (Å²) in [5, 5.41) is 26.5. The average Bonchev–Trinajstić information content (AvgIpc) is 2.74. The number of nitrogens with zero attached hydrogens (tertiary/aromatic N) is 2. The molecule has 30 heavy (non-hydrogen) atoms. The van der Waals surface area contributed by atoms with Crippen molar-refractivity contribution in [3.63, 3.8) is 0 Å². The maximum absolute atomic E-state index is 12.8. The van der Waals surface area contributed by atoms with E-state index in [1.807, 2.05) is 0 Å². The van der Waals surface area contributed by atoms with E-state index in [9.17, 15) is 19.8 Å². The third-order valence-electron chi connectivity index (χ3n) is 5.08. The summed E-state index contributed by atoms with van der Waals surface area (Å²) < 4.78 is 0. The van der Waals surface area contributed by atoms with Crippen LogP contribution in [0.25, 0.3) is 0 Å². The van der Waals surface area contributed by atoms with Gasteiger partial charge in [-0.2, -0.15) is 0 Å². The minimum absolute atomic E-state index is 0.0205. The van der Waals surface area contributed by atoms with Crippen LogP contribution in [0.5, 0.6) is 11.5 Å². The molecule has 0 spiro atoms. The first-order valence-electron chi connectivity index (χ1n) is 10.1. The van der Waals surface area contributed by atoms with E-state index in [1.165, 1.54) is 12.1 Å². The topological polar surface area (TPSA) is 105 Å². The van der Waals surface area contributed by atoms with Crippen molar-refractivity contribution in [1.82, 2.24) is 20.4 Å².